The number of piperazine rings is 1. The minimum absolute atomic E-state index is 0.0126. The molecule has 2 amide bonds. The Balaban J connectivity index is 1.34. The van der Waals surface area contributed by atoms with Gasteiger partial charge in [0.25, 0.3) is 5.91 Å². The average Bonchev–Trinajstić information content (AvgIpc) is 2.79. The fourth-order valence-electron chi connectivity index (χ4n) is 4.13. The summed E-state index contributed by atoms with van der Waals surface area (Å²) in [7, 11) is 0. The molecule has 0 spiro atoms. The molecule has 1 aromatic heterocycles. The van der Waals surface area contributed by atoms with E-state index in [-0.39, 0.29) is 17.7 Å². The van der Waals surface area contributed by atoms with E-state index < -0.39 is 0 Å². The molecule has 158 valence electrons. The van der Waals surface area contributed by atoms with Gasteiger partial charge in [0, 0.05) is 44.8 Å². The number of rotatable bonds is 3. The van der Waals surface area contributed by atoms with Crippen molar-refractivity contribution in [1.82, 2.24) is 20.0 Å². The number of hydrogen-bond donors (Lipinski definition) is 0. The smallest absolute Gasteiger partial charge is 0.253 e. The second-order valence-electron chi connectivity index (χ2n) is 7.98. The molecule has 2 aromatic rings. The normalized spacial score (nSPS) is 19.7. The van der Waals surface area contributed by atoms with Crippen LogP contribution in [0.3, 0.4) is 0 Å². The molecule has 0 saturated carbocycles. The first kappa shape index (κ1) is 20.6. The molecule has 3 heterocycles. The van der Waals surface area contributed by atoms with Crippen LogP contribution in [0.15, 0.2) is 36.4 Å². The third-order valence-electron chi connectivity index (χ3n) is 5.89. The molecule has 1 atom stereocenters. The van der Waals surface area contributed by atoms with Crippen molar-refractivity contribution < 1.29 is 9.59 Å². The lowest BCUT2D eigenvalue weighted by Gasteiger charge is -2.39. The molecule has 0 radical (unpaired) electrons. The van der Waals surface area contributed by atoms with Crippen LogP contribution < -0.4 is 4.90 Å². The number of carbonyl (C=O) groups excluding carboxylic acids is 2. The van der Waals surface area contributed by atoms with E-state index in [4.69, 9.17) is 11.6 Å². The van der Waals surface area contributed by atoms with Crippen LogP contribution >= 0.6 is 11.6 Å². The van der Waals surface area contributed by atoms with E-state index in [9.17, 15) is 9.59 Å². The van der Waals surface area contributed by atoms with Gasteiger partial charge in [-0.1, -0.05) is 29.3 Å². The number of aromatic nitrogens is 2. The summed E-state index contributed by atoms with van der Waals surface area (Å²) in [6.07, 6.45) is 1.69. The highest BCUT2D eigenvalue weighted by Gasteiger charge is 2.33. The third-order valence-corrected chi connectivity index (χ3v) is 6.09. The SMILES string of the molecule is Cc1ccc(C(=O)N2CCC[C@H](C(=O)N3CCN(c4ccc(Cl)nn4)CC3)C2)cc1. The monoisotopic (exact) mass is 427 g/mol. The van der Waals surface area contributed by atoms with Crippen LogP contribution in [-0.2, 0) is 4.79 Å². The van der Waals surface area contributed by atoms with Crippen molar-refractivity contribution >= 4 is 29.2 Å². The Morgan fingerprint density at radius 3 is 2.33 bits per heavy atom. The van der Waals surface area contributed by atoms with Crippen LogP contribution in [0, 0.1) is 12.8 Å². The Kier molecular flexibility index (Phi) is 6.18. The lowest BCUT2D eigenvalue weighted by molar-refractivity contribution is -0.137. The summed E-state index contributed by atoms with van der Waals surface area (Å²) >= 11 is 5.81. The molecule has 4 rings (SSSR count). The first-order chi connectivity index (χ1) is 14.5. The second kappa shape index (κ2) is 9.00. The molecule has 2 aliphatic rings. The highest BCUT2D eigenvalue weighted by molar-refractivity contribution is 6.29. The van der Waals surface area contributed by atoms with Gasteiger partial charge in [-0.05, 0) is 44.0 Å². The summed E-state index contributed by atoms with van der Waals surface area (Å²) in [4.78, 5) is 31.8. The fraction of sp³-hybridized carbons (Fsp3) is 0.455. The van der Waals surface area contributed by atoms with Crippen molar-refractivity contribution in [3.63, 3.8) is 0 Å². The minimum Gasteiger partial charge on any atom is -0.352 e. The number of hydrogen-bond acceptors (Lipinski definition) is 5. The maximum absolute atomic E-state index is 13.1. The summed E-state index contributed by atoms with van der Waals surface area (Å²) in [5.74, 6) is 0.811. The summed E-state index contributed by atoms with van der Waals surface area (Å²) < 4.78 is 0. The van der Waals surface area contributed by atoms with Gasteiger partial charge in [0.05, 0.1) is 5.92 Å². The Morgan fingerprint density at radius 2 is 1.67 bits per heavy atom. The van der Waals surface area contributed by atoms with Gasteiger partial charge < -0.3 is 14.7 Å². The highest BCUT2D eigenvalue weighted by Crippen LogP contribution is 2.22. The van der Waals surface area contributed by atoms with Crippen molar-refractivity contribution in [2.45, 2.75) is 19.8 Å². The molecule has 0 N–H and O–H groups in total. The van der Waals surface area contributed by atoms with E-state index in [0.717, 1.165) is 24.2 Å². The first-order valence-electron chi connectivity index (χ1n) is 10.4. The van der Waals surface area contributed by atoms with Crippen molar-refractivity contribution in [1.29, 1.82) is 0 Å². The third kappa shape index (κ3) is 4.56. The molecule has 1 aromatic carbocycles. The maximum atomic E-state index is 13.1. The molecule has 0 aliphatic carbocycles. The standard InChI is InChI=1S/C22H26ClN5O2/c1-16-4-6-17(7-5-16)21(29)28-10-2-3-18(15-28)22(30)27-13-11-26(12-14-27)20-9-8-19(23)24-25-20/h4-9,18H,2-3,10-15H2,1H3/t18-/m0/s1. The topological polar surface area (TPSA) is 69.6 Å². The molecule has 8 heteroatoms. The van der Waals surface area contributed by atoms with Crippen LogP contribution in [0.4, 0.5) is 5.82 Å². The summed E-state index contributed by atoms with van der Waals surface area (Å²) in [5.41, 5.74) is 1.81. The van der Waals surface area contributed by atoms with Crippen molar-refractivity contribution in [2.75, 3.05) is 44.2 Å². The molecule has 2 aliphatic heterocycles. The zero-order chi connectivity index (χ0) is 21.1. The Bertz CT molecular complexity index is 895. The number of carbonyl (C=O) groups is 2. The van der Waals surface area contributed by atoms with Crippen molar-refractivity contribution in [2.24, 2.45) is 5.92 Å². The number of likely N-dealkylation sites (tertiary alicyclic amines) is 1. The summed E-state index contributed by atoms with van der Waals surface area (Å²) in [5, 5.41) is 8.38. The van der Waals surface area contributed by atoms with E-state index in [1.165, 1.54) is 0 Å². The quantitative estimate of drug-likeness (QED) is 0.753. The number of nitrogens with zero attached hydrogens (tertiary/aromatic N) is 5. The van der Waals surface area contributed by atoms with E-state index in [2.05, 4.69) is 15.1 Å². The Hall–Kier alpha value is -2.67. The summed E-state index contributed by atoms with van der Waals surface area (Å²) in [6, 6.07) is 11.2. The molecule has 7 nitrogen and oxygen atoms in total. The maximum Gasteiger partial charge on any atom is 0.253 e. The zero-order valence-electron chi connectivity index (χ0n) is 17.1. The van der Waals surface area contributed by atoms with Gasteiger partial charge in [-0.25, -0.2) is 0 Å². The Morgan fingerprint density at radius 1 is 0.933 bits per heavy atom. The van der Waals surface area contributed by atoms with E-state index in [0.29, 0.717) is 50.0 Å². The van der Waals surface area contributed by atoms with Crippen molar-refractivity contribution in [3.05, 3.63) is 52.7 Å². The zero-order valence-corrected chi connectivity index (χ0v) is 17.9. The van der Waals surface area contributed by atoms with E-state index in [1.807, 2.05) is 47.1 Å². The molecule has 2 saturated heterocycles. The van der Waals surface area contributed by atoms with Crippen LogP contribution in [0.5, 0.6) is 0 Å². The van der Waals surface area contributed by atoms with E-state index >= 15 is 0 Å². The van der Waals surface area contributed by atoms with Gasteiger partial charge in [-0.15, -0.1) is 10.2 Å². The van der Waals surface area contributed by atoms with Gasteiger partial charge >= 0.3 is 0 Å². The number of halogens is 1. The summed E-state index contributed by atoms with van der Waals surface area (Å²) in [6.45, 7) is 5.91. The largest absolute Gasteiger partial charge is 0.352 e. The van der Waals surface area contributed by atoms with Crippen LogP contribution in [0.25, 0.3) is 0 Å². The first-order valence-corrected chi connectivity index (χ1v) is 10.8. The lowest BCUT2D eigenvalue weighted by atomic mass is 9.95. The number of aryl methyl sites for hydroxylation is 1. The van der Waals surface area contributed by atoms with Crippen LogP contribution in [0.2, 0.25) is 5.15 Å². The van der Waals surface area contributed by atoms with Crippen LogP contribution in [0.1, 0.15) is 28.8 Å². The molecule has 30 heavy (non-hydrogen) atoms. The molecular weight excluding hydrogens is 402 g/mol. The molecule has 0 unspecified atom stereocenters. The Labute approximate surface area is 181 Å². The predicted molar refractivity (Wildman–Crippen MR) is 116 cm³/mol. The van der Waals surface area contributed by atoms with Gasteiger partial charge in [-0.3, -0.25) is 9.59 Å². The van der Waals surface area contributed by atoms with Gasteiger partial charge in [0.15, 0.2) is 11.0 Å². The minimum atomic E-state index is -0.130. The number of amides is 2. The van der Waals surface area contributed by atoms with Crippen molar-refractivity contribution in [3.8, 4) is 0 Å². The van der Waals surface area contributed by atoms with Gasteiger partial charge in [0.2, 0.25) is 5.91 Å². The molecular formula is C22H26ClN5O2. The van der Waals surface area contributed by atoms with E-state index in [1.54, 1.807) is 6.07 Å². The van der Waals surface area contributed by atoms with Crippen LogP contribution in [-0.4, -0.2) is 71.1 Å². The number of benzene rings is 1. The molecule has 0 bridgehead atoms. The van der Waals surface area contributed by atoms with Gasteiger partial charge in [0.1, 0.15) is 0 Å². The number of piperidine rings is 1. The second-order valence-corrected chi connectivity index (χ2v) is 8.37. The highest BCUT2D eigenvalue weighted by atomic mass is 35.5. The fourth-order valence-corrected chi connectivity index (χ4v) is 4.23. The predicted octanol–water partition coefficient (Wildman–Crippen LogP) is 2.64. The average molecular weight is 428 g/mol. The van der Waals surface area contributed by atoms with Gasteiger partial charge in [-0.2, -0.15) is 0 Å². The lowest BCUT2D eigenvalue weighted by Crippen LogP contribution is -2.53. The number of anilines is 1. The molecule has 2 fully saturated rings.